The van der Waals surface area contributed by atoms with Crippen LogP contribution in [0.2, 0.25) is 0 Å². The van der Waals surface area contributed by atoms with E-state index in [-0.39, 0.29) is 29.9 Å². The highest BCUT2D eigenvalue weighted by Gasteiger charge is 2.44. The average molecular weight is 374 g/mol. The molecule has 0 aromatic heterocycles. The minimum absolute atomic E-state index is 0.195. The minimum Gasteiger partial charge on any atom is -0.382 e. The molecule has 0 bridgehead atoms. The van der Waals surface area contributed by atoms with Crippen molar-refractivity contribution in [3.63, 3.8) is 0 Å². The van der Waals surface area contributed by atoms with Crippen molar-refractivity contribution in [3.05, 3.63) is 29.3 Å². The minimum atomic E-state index is -0.982. The monoisotopic (exact) mass is 374 g/mol. The van der Waals surface area contributed by atoms with Crippen LogP contribution >= 0.6 is 0 Å². The molecule has 1 atom stereocenters. The first-order valence-electron chi connectivity index (χ1n) is 8.91. The fourth-order valence-electron chi connectivity index (χ4n) is 3.29. The van der Waals surface area contributed by atoms with Gasteiger partial charge in [0, 0.05) is 25.2 Å². The van der Waals surface area contributed by atoms with Crippen LogP contribution in [0.15, 0.2) is 18.2 Å². The topological polar surface area (TPSA) is 131 Å². The summed E-state index contributed by atoms with van der Waals surface area (Å²) in [6.07, 6.45) is 0.888. The van der Waals surface area contributed by atoms with Gasteiger partial charge >= 0.3 is 0 Å². The van der Waals surface area contributed by atoms with Crippen molar-refractivity contribution >= 4 is 29.3 Å². The number of fused-ring (bicyclic) bond motifs is 1. The van der Waals surface area contributed by atoms with Crippen molar-refractivity contribution in [2.24, 2.45) is 5.73 Å². The first-order valence-corrected chi connectivity index (χ1v) is 8.91. The Hall–Kier alpha value is -2.78. The van der Waals surface area contributed by atoms with Gasteiger partial charge in [-0.3, -0.25) is 29.4 Å². The quantitative estimate of drug-likeness (QED) is 0.447. The Balaban J connectivity index is 1.79. The van der Waals surface area contributed by atoms with Crippen LogP contribution in [-0.2, 0) is 14.3 Å². The zero-order valence-electron chi connectivity index (χ0n) is 14.8. The van der Waals surface area contributed by atoms with Crippen LogP contribution in [0.3, 0.4) is 0 Å². The molecule has 1 aromatic carbocycles. The van der Waals surface area contributed by atoms with Crippen molar-refractivity contribution in [2.75, 3.05) is 31.6 Å². The van der Waals surface area contributed by atoms with Crippen LogP contribution in [-0.4, -0.2) is 60.9 Å². The van der Waals surface area contributed by atoms with Crippen LogP contribution in [0.25, 0.3) is 0 Å². The molecule has 0 saturated carbocycles. The van der Waals surface area contributed by atoms with E-state index in [0.717, 1.165) is 4.90 Å². The number of imide groups is 2. The van der Waals surface area contributed by atoms with Crippen LogP contribution in [0.4, 0.5) is 5.69 Å². The molecule has 0 spiro atoms. The van der Waals surface area contributed by atoms with Gasteiger partial charge in [-0.25, -0.2) is 0 Å². The molecular formula is C18H22N4O5. The zero-order valence-corrected chi connectivity index (χ0v) is 14.8. The first kappa shape index (κ1) is 19.0. The number of nitrogens with zero attached hydrogens (tertiary/aromatic N) is 1. The molecule has 144 valence electrons. The predicted molar refractivity (Wildman–Crippen MR) is 96.1 cm³/mol. The van der Waals surface area contributed by atoms with Gasteiger partial charge in [-0.05, 0) is 25.0 Å². The Labute approximate surface area is 156 Å². The fraction of sp³-hybridized carbons (Fsp3) is 0.444. The lowest BCUT2D eigenvalue weighted by atomic mass is 10.1. The summed E-state index contributed by atoms with van der Waals surface area (Å²) in [5.41, 5.74) is 6.36. The lowest BCUT2D eigenvalue weighted by molar-refractivity contribution is -0.131. The Morgan fingerprint density at radius 3 is 2.78 bits per heavy atom. The molecule has 1 saturated heterocycles. The highest BCUT2D eigenvalue weighted by atomic mass is 16.5. The fourth-order valence-corrected chi connectivity index (χ4v) is 3.29. The first-order chi connectivity index (χ1) is 13.0. The van der Waals surface area contributed by atoms with E-state index in [9.17, 15) is 19.2 Å². The number of nitrogens with two attached hydrogens (primary N) is 1. The molecule has 0 aliphatic carbocycles. The van der Waals surface area contributed by atoms with E-state index in [1.807, 2.05) is 0 Å². The number of nitrogens with one attached hydrogen (secondary N) is 2. The predicted octanol–water partition coefficient (Wildman–Crippen LogP) is -0.135. The van der Waals surface area contributed by atoms with Gasteiger partial charge in [-0.15, -0.1) is 0 Å². The van der Waals surface area contributed by atoms with Gasteiger partial charge in [0.15, 0.2) is 0 Å². The summed E-state index contributed by atoms with van der Waals surface area (Å²) in [5.74, 6) is -2.06. The van der Waals surface area contributed by atoms with Crippen LogP contribution < -0.4 is 16.4 Å². The maximum atomic E-state index is 13.0. The Kier molecular flexibility index (Phi) is 5.82. The molecule has 2 aliphatic heterocycles. The van der Waals surface area contributed by atoms with Gasteiger partial charge in [-0.2, -0.15) is 0 Å². The molecule has 3 rings (SSSR count). The largest absolute Gasteiger partial charge is 0.382 e. The Morgan fingerprint density at radius 1 is 1.19 bits per heavy atom. The molecule has 1 unspecified atom stereocenters. The molecule has 27 heavy (non-hydrogen) atoms. The Bertz CT molecular complexity index is 779. The summed E-state index contributed by atoms with van der Waals surface area (Å²) in [6, 6.07) is 3.95. The standard InChI is InChI=1S/C18H22N4O5/c19-7-9-27-10-8-20-12-4-1-3-11-15(12)18(26)22(17(11)25)13-5-2-6-14(23)21-16(13)24/h1,3-4,13,20H,2,5-10,19H2,(H,21,23,24). The smallest absolute Gasteiger partial charge is 0.264 e. The van der Waals surface area contributed by atoms with E-state index >= 15 is 0 Å². The number of anilines is 1. The third-order valence-electron chi connectivity index (χ3n) is 4.53. The third-order valence-corrected chi connectivity index (χ3v) is 4.53. The van der Waals surface area contributed by atoms with Gasteiger partial charge < -0.3 is 15.8 Å². The molecule has 1 fully saturated rings. The van der Waals surface area contributed by atoms with E-state index in [2.05, 4.69) is 10.6 Å². The second-order valence-corrected chi connectivity index (χ2v) is 6.36. The summed E-state index contributed by atoms with van der Waals surface area (Å²) < 4.78 is 5.29. The van der Waals surface area contributed by atoms with Crippen molar-refractivity contribution in [1.29, 1.82) is 0 Å². The second-order valence-electron chi connectivity index (χ2n) is 6.36. The van der Waals surface area contributed by atoms with E-state index in [1.54, 1.807) is 18.2 Å². The van der Waals surface area contributed by atoms with Gasteiger partial charge in [0.1, 0.15) is 6.04 Å². The number of carbonyl (C=O) groups is 4. The number of benzene rings is 1. The number of hydrogen-bond acceptors (Lipinski definition) is 7. The van der Waals surface area contributed by atoms with Gasteiger partial charge in [0.25, 0.3) is 11.8 Å². The van der Waals surface area contributed by atoms with E-state index in [1.165, 1.54) is 0 Å². The van der Waals surface area contributed by atoms with Crippen molar-refractivity contribution in [3.8, 4) is 0 Å². The SMILES string of the molecule is NCCOCCNc1cccc2c1C(=O)N(C1CCCC(=O)NC1=O)C2=O. The average Bonchev–Trinajstić information content (AvgIpc) is 2.78. The number of amides is 4. The molecule has 4 amide bonds. The van der Waals surface area contributed by atoms with Crippen LogP contribution in [0.1, 0.15) is 40.0 Å². The number of carbonyl (C=O) groups excluding carboxylic acids is 4. The van der Waals surface area contributed by atoms with Gasteiger partial charge in [-0.1, -0.05) is 6.07 Å². The van der Waals surface area contributed by atoms with Gasteiger partial charge in [0.2, 0.25) is 11.8 Å². The summed E-state index contributed by atoms with van der Waals surface area (Å²) >= 11 is 0. The van der Waals surface area contributed by atoms with Crippen LogP contribution in [0.5, 0.6) is 0 Å². The number of ether oxygens (including phenoxy) is 1. The maximum absolute atomic E-state index is 13.0. The summed E-state index contributed by atoms with van der Waals surface area (Å²) in [5, 5.41) is 5.33. The highest BCUT2D eigenvalue weighted by Crippen LogP contribution is 2.32. The van der Waals surface area contributed by atoms with Crippen molar-refractivity contribution < 1.29 is 23.9 Å². The Morgan fingerprint density at radius 2 is 2.00 bits per heavy atom. The molecule has 9 nitrogen and oxygen atoms in total. The summed E-state index contributed by atoms with van der Waals surface area (Å²) in [7, 11) is 0. The third kappa shape index (κ3) is 3.83. The lowest BCUT2D eigenvalue weighted by Gasteiger charge is -2.23. The maximum Gasteiger partial charge on any atom is 0.264 e. The second kappa shape index (κ2) is 8.28. The molecule has 0 radical (unpaired) electrons. The van der Waals surface area contributed by atoms with E-state index in [0.29, 0.717) is 38.4 Å². The number of hydrogen-bond donors (Lipinski definition) is 3. The van der Waals surface area contributed by atoms with E-state index < -0.39 is 23.8 Å². The molecule has 1 aromatic rings. The molecular weight excluding hydrogens is 352 g/mol. The van der Waals surface area contributed by atoms with Crippen molar-refractivity contribution in [1.82, 2.24) is 10.2 Å². The zero-order chi connectivity index (χ0) is 19.4. The molecule has 2 aliphatic rings. The normalized spacial score (nSPS) is 19.7. The van der Waals surface area contributed by atoms with Gasteiger partial charge in [0.05, 0.1) is 24.3 Å². The molecule has 9 heteroatoms. The molecule has 4 N–H and O–H groups in total. The highest BCUT2D eigenvalue weighted by molar-refractivity contribution is 6.25. The number of rotatable bonds is 7. The van der Waals surface area contributed by atoms with Crippen LogP contribution in [0, 0.1) is 0 Å². The summed E-state index contributed by atoms with van der Waals surface area (Å²) in [6.45, 7) is 1.71. The van der Waals surface area contributed by atoms with E-state index in [4.69, 9.17) is 10.5 Å². The lowest BCUT2D eigenvalue weighted by Crippen LogP contribution is -2.49. The van der Waals surface area contributed by atoms with Crippen molar-refractivity contribution in [2.45, 2.75) is 25.3 Å². The molecule has 2 heterocycles. The summed E-state index contributed by atoms with van der Waals surface area (Å²) in [4.78, 5) is 50.5.